The molecule has 1 heterocycles. The Bertz CT molecular complexity index is 410. The van der Waals surface area contributed by atoms with E-state index in [4.69, 9.17) is 0 Å². The molecule has 1 atom stereocenters. The fourth-order valence-electron chi connectivity index (χ4n) is 2.57. The third kappa shape index (κ3) is 8.20. The van der Waals surface area contributed by atoms with Crippen molar-refractivity contribution in [2.75, 3.05) is 0 Å². The minimum absolute atomic E-state index is 0. The molecule has 0 saturated carbocycles. The van der Waals surface area contributed by atoms with Crippen LogP contribution >= 0.6 is 0 Å². The zero-order valence-electron chi connectivity index (χ0n) is 13.0. The minimum atomic E-state index is -0.914. The molecule has 1 rings (SSSR count). The van der Waals surface area contributed by atoms with E-state index in [2.05, 4.69) is 11.9 Å². The van der Waals surface area contributed by atoms with Gasteiger partial charge in [0.05, 0.1) is 12.5 Å². The summed E-state index contributed by atoms with van der Waals surface area (Å²) >= 11 is 0. The number of unbranched alkanes of at least 4 members (excludes halogenated alkanes) is 8. The van der Waals surface area contributed by atoms with Crippen LogP contribution in [0.1, 0.15) is 77.2 Å². The Balaban J connectivity index is 0.00000441. The van der Waals surface area contributed by atoms with Crippen LogP contribution in [-0.2, 0) is 4.79 Å². The van der Waals surface area contributed by atoms with Gasteiger partial charge in [0.25, 0.3) is 0 Å². The first kappa shape index (κ1) is 21.5. The van der Waals surface area contributed by atoms with Crippen molar-refractivity contribution in [2.45, 2.75) is 77.2 Å². The first-order valence-electron chi connectivity index (χ1n) is 8.10. The number of carboxylic acids is 1. The second kappa shape index (κ2) is 13.0. The van der Waals surface area contributed by atoms with Gasteiger partial charge in [0.15, 0.2) is 0 Å². The zero-order valence-corrected chi connectivity index (χ0v) is 13.0. The second-order valence-electron chi connectivity index (χ2n) is 5.63. The molecular formula is C16H29N2NaO3. The molecule has 0 aliphatic heterocycles. The molecule has 5 nitrogen and oxygen atoms in total. The maximum absolute atomic E-state index is 11.3. The number of carboxylic acid groups (broad SMARTS) is 1. The first-order chi connectivity index (χ1) is 10.2. The van der Waals surface area contributed by atoms with Crippen LogP contribution < -0.4 is 0 Å². The van der Waals surface area contributed by atoms with E-state index in [1.54, 1.807) is 0 Å². The predicted octanol–water partition coefficient (Wildman–Crippen LogP) is 3.49. The molecule has 2 N–H and O–H groups in total. The summed E-state index contributed by atoms with van der Waals surface area (Å²) in [5.41, 5.74) is 0. The summed E-state index contributed by atoms with van der Waals surface area (Å²) in [6.07, 6.45) is 14.0. The van der Waals surface area contributed by atoms with E-state index in [-0.39, 0.29) is 35.4 Å². The zero-order chi connectivity index (χ0) is 15.5. The molecule has 1 aromatic heterocycles. The number of aromatic nitrogens is 2. The van der Waals surface area contributed by atoms with Crippen LogP contribution in [0.3, 0.4) is 0 Å². The fraction of sp³-hybridized carbons (Fsp3) is 0.750. The molecule has 122 valence electrons. The average molecular weight is 320 g/mol. The van der Waals surface area contributed by atoms with E-state index in [0.29, 0.717) is 6.42 Å². The molecule has 0 saturated heterocycles. The van der Waals surface area contributed by atoms with Gasteiger partial charge in [0.1, 0.15) is 6.04 Å². The van der Waals surface area contributed by atoms with Crippen LogP contribution in [0.4, 0.5) is 0 Å². The molecule has 0 radical (unpaired) electrons. The summed E-state index contributed by atoms with van der Waals surface area (Å²) in [7, 11) is 0. The maximum atomic E-state index is 11.3. The number of aliphatic carboxylic acids is 1. The van der Waals surface area contributed by atoms with Gasteiger partial charge in [0, 0.05) is 0 Å². The molecule has 1 unspecified atom stereocenters. The third-order valence-electron chi connectivity index (χ3n) is 3.85. The van der Waals surface area contributed by atoms with Crippen molar-refractivity contribution in [3.05, 3.63) is 12.5 Å². The number of imidazole rings is 1. The van der Waals surface area contributed by atoms with E-state index in [1.165, 1.54) is 55.6 Å². The van der Waals surface area contributed by atoms with Crippen LogP contribution in [0, 0.1) is 0 Å². The summed E-state index contributed by atoms with van der Waals surface area (Å²) in [5, 5.41) is 18.8. The number of carbonyl (C=O) groups is 1. The standard InChI is InChI=1S/C16H28N2O3.Na.H/c1-2-3-4-5-6-7-8-9-10-11-14(16(20)21)18-13-17-12-15(18)19;;/h12-14,19H,2-11H2,1H3,(H,20,21);;. The van der Waals surface area contributed by atoms with E-state index < -0.39 is 12.0 Å². The van der Waals surface area contributed by atoms with Crippen LogP contribution in [0.2, 0.25) is 0 Å². The van der Waals surface area contributed by atoms with Crippen molar-refractivity contribution in [1.29, 1.82) is 0 Å². The van der Waals surface area contributed by atoms with Gasteiger partial charge in [-0.25, -0.2) is 9.78 Å². The Kier molecular flexibility index (Phi) is 12.7. The Labute approximate surface area is 155 Å². The first-order valence-corrected chi connectivity index (χ1v) is 8.10. The predicted molar refractivity (Wildman–Crippen MR) is 89.6 cm³/mol. The van der Waals surface area contributed by atoms with Gasteiger partial charge in [-0.3, -0.25) is 4.57 Å². The number of rotatable bonds is 12. The van der Waals surface area contributed by atoms with Crippen molar-refractivity contribution in [1.82, 2.24) is 9.55 Å². The van der Waals surface area contributed by atoms with Crippen molar-refractivity contribution < 1.29 is 15.0 Å². The molecule has 0 aliphatic rings. The van der Waals surface area contributed by atoms with Gasteiger partial charge >= 0.3 is 35.5 Å². The average Bonchev–Trinajstić information content (AvgIpc) is 2.87. The van der Waals surface area contributed by atoms with Crippen LogP contribution in [0.15, 0.2) is 12.5 Å². The Morgan fingerprint density at radius 3 is 2.14 bits per heavy atom. The summed E-state index contributed by atoms with van der Waals surface area (Å²) in [6.45, 7) is 2.22. The van der Waals surface area contributed by atoms with Gasteiger partial charge in [0.2, 0.25) is 5.88 Å². The fourth-order valence-corrected chi connectivity index (χ4v) is 2.57. The molecule has 0 bridgehead atoms. The van der Waals surface area contributed by atoms with Crippen molar-refractivity contribution in [2.24, 2.45) is 0 Å². The molecule has 0 fully saturated rings. The quantitative estimate of drug-likeness (QED) is 0.456. The number of hydrogen-bond acceptors (Lipinski definition) is 3. The van der Waals surface area contributed by atoms with Gasteiger partial charge in [-0.1, -0.05) is 64.7 Å². The molecule has 1 aromatic rings. The monoisotopic (exact) mass is 320 g/mol. The molecule has 0 amide bonds. The molecule has 22 heavy (non-hydrogen) atoms. The van der Waals surface area contributed by atoms with Gasteiger partial charge in [-0.2, -0.15) is 0 Å². The van der Waals surface area contributed by atoms with Crippen molar-refractivity contribution in [3.63, 3.8) is 0 Å². The summed E-state index contributed by atoms with van der Waals surface area (Å²) in [6, 6.07) is -0.711. The molecule has 6 heteroatoms. The Hall–Kier alpha value is -0.520. The van der Waals surface area contributed by atoms with Gasteiger partial charge in [-0.05, 0) is 6.42 Å². The number of nitrogens with zero attached hydrogens (tertiary/aromatic N) is 2. The van der Waals surface area contributed by atoms with Gasteiger partial charge < -0.3 is 10.2 Å². The van der Waals surface area contributed by atoms with E-state index in [9.17, 15) is 15.0 Å². The van der Waals surface area contributed by atoms with E-state index >= 15 is 0 Å². The number of aromatic hydroxyl groups is 1. The van der Waals surface area contributed by atoms with Crippen LogP contribution in [-0.4, -0.2) is 55.3 Å². The number of hydrogen-bond donors (Lipinski definition) is 2. The normalized spacial score (nSPS) is 11.9. The van der Waals surface area contributed by atoms with E-state index in [0.717, 1.165) is 19.3 Å². The molecule has 0 aliphatic carbocycles. The summed E-state index contributed by atoms with van der Waals surface area (Å²) in [5.74, 6) is -0.999. The van der Waals surface area contributed by atoms with Crippen molar-refractivity contribution in [3.8, 4) is 5.88 Å². The Morgan fingerprint density at radius 1 is 1.14 bits per heavy atom. The third-order valence-corrected chi connectivity index (χ3v) is 3.85. The topological polar surface area (TPSA) is 75.3 Å². The Morgan fingerprint density at radius 2 is 1.68 bits per heavy atom. The molecule has 0 aromatic carbocycles. The van der Waals surface area contributed by atoms with Crippen LogP contribution in [0.5, 0.6) is 5.88 Å². The summed E-state index contributed by atoms with van der Waals surface area (Å²) < 4.78 is 1.33. The molecule has 0 spiro atoms. The SMILES string of the molecule is CCCCCCCCCCCC(C(=O)O)n1cncc1O.[NaH]. The molecular weight excluding hydrogens is 291 g/mol. The van der Waals surface area contributed by atoms with E-state index in [1.807, 2.05) is 0 Å². The second-order valence-corrected chi connectivity index (χ2v) is 5.63. The van der Waals surface area contributed by atoms with Gasteiger partial charge in [-0.15, -0.1) is 0 Å². The van der Waals surface area contributed by atoms with Crippen molar-refractivity contribution >= 4 is 35.5 Å². The van der Waals surface area contributed by atoms with Crippen LogP contribution in [0.25, 0.3) is 0 Å². The summed E-state index contributed by atoms with van der Waals surface area (Å²) in [4.78, 5) is 15.0.